The molecule has 0 aliphatic rings. The minimum Gasteiger partial charge on any atom is -0.447 e. The Morgan fingerprint density at radius 2 is 1.83 bits per heavy atom. The smallest absolute Gasteiger partial charge is 0.317 e. The number of benzene rings is 2. The molecule has 29 heavy (non-hydrogen) atoms. The highest BCUT2D eigenvalue weighted by Crippen LogP contribution is 2.30. The Morgan fingerprint density at radius 3 is 2.38 bits per heavy atom. The highest BCUT2D eigenvalue weighted by Gasteiger charge is 2.27. The van der Waals surface area contributed by atoms with E-state index in [0.717, 1.165) is 17.8 Å². The first-order valence-corrected chi connectivity index (χ1v) is 9.36. The van der Waals surface area contributed by atoms with E-state index in [1.54, 1.807) is 44.4 Å². The molecular weight excluding hydrogens is 398 g/mol. The third kappa shape index (κ3) is 5.79. The van der Waals surface area contributed by atoms with Crippen LogP contribution >= 0.6 is 11.8 Å². The van der Waals surface area contributed by atoms with Crippen molar-refractivity contribution in [2.75, 3.05) is 19.8 Å². The zero-order valence-electron chi connectivity index (χ0n) is 15.7. The van der Waals surface area contributed by atoms with Crippen LogP contribution in [-0.4, -0.2) is 47.5 Å². The molecule has 2 amide bonds. The Bertz CT molecular complexity index is 933. The van der Waals surface area contributed by atoms with Crippen LogP contribution in [0.4, 0.5) is 5.69 Å². The molecule has 0 saturated carbocycles. The van der Waals surface area contributed by atoms with Gasteiger partial charge in [0.05, 0.1) is 15.6 Å². The lowest BCUT2D eigenvalue weighted by atomic mass is 10.1. The summed E-state index contributed by atoms with van der Waals surface area (Å²) in [4.78, 5) is 48.0. The van der Waals surface area contributed by atoms with E-state index in [2.05, 4.69) is 0 Å². The molecule has 0 spiro atoms. The fraction of sp³-hybridized carbons (Fsp3) is 0.211. The lowest BCUT2D eigenvalue weighted by Crippen LogP contribution is -2.31. The molecule has 2 N–H and O–H groups in total. The maximum Gasteiger partial charge on any atom is 0.317 e. The van der Waals surface area contributed by atoms with Gasteiger partial charge in [-0.25, -0.2) is 0 Å². The summed E-state index contributed by atoms with van der Waals surface area (Å²) in [5.41, 5.74) is 5.30. The summed E-state index contributed by atoms with van der Waals surface area (Å²) in [6.07, 6.45) is -1.12. The Labute approximate surface area is 171 Å². The predicted molar refractivity (Wildman–Crippen MR) is 106 cm³/mol. The first-order chi connectivity index (χ1) is 13.7. The van der Waals surface area contributed by atoms with Crippen molar-refractivity contribution in [3.05, 3.63) is 69.8 Å². The van der Waals surface area contributed by atoms with Gasteiger partial charge in [0.2, 0.25) is 12.0 Å². The van der Waals surface area contributed by atoms with Crippen LogP contribution in [-0.2, 0) is 14.3 Å². The van der Waals surface area contributed by atoms with Gasteiger partial charge in [-0.3, -0.25) is 24.5 Å². The van der Waals surface area contributed by atoms with Gasteiger partial charge in [-0.15, -0.1) is 11.8 Å². The Kier molecular flexibility index (Phi) is 7.32. The largest absolute Gasteiger partial charge is 0.447 e. The van der Waals surface area contributed by atoms with E-state index < -0.39 is 28.8 Å². The quantitative estimate of drug-likeness (QED) is 0.301. The number of nitro groups is 1. The van der Waals surface area contributed by atoms with E-state index in [1.165, 1.54) is 17.0 Å². The van der Waals surface area contributed by atoms with Crippen molar-refractivity contribution in [3.8, 4) is 0 Å². The molecule has 0 aliphatic carbocycles. The van der Waals surface area contributed by atoms with Crippen LogP contribution in [0, 0.1) is 10.1 Å². The number of likely N-dealkylation sites (N-methyl/N-ethyl adjacent to an activating group) is 1. The van der Waals surface area contributed by atoms with Crippen molar-refractivity contribution in [2.45, 2.75) is 11.0 Å². The highest BCUT2D eigenvalue weighted by atomic mass is 32.2. The van der Waals surface area contributed by atoms with Crippen molar-refractivity contribution in [1.29, 1.82) is 0 Å². The van der Waals surface area contributed by atoms with E-state index >= 15 is 0 Å². The second-order valence-corrected chi connectivity index (χ2v) is 7.12. The normalized spacial score (nSPS) is 11.4. The number of nitrogens with two attached hydrogens (primary N) is 1. The number of hydrogen-bond acceptors (Lipinski definition) is 7. The molecule has 0 fully saturated rings. The van der Waals surface area contributed by atoms with Crippen LogP contribution in [0.2, 0.25) is 0 Å². The first kappa shape index (κ1) is 21.9. The third-order valence-corrected chi connectivity index (χ3v) is 4.84. The molecule has 0 bridgehead atoms. The summed E-state index contributed by atoms with van der Waals surface area (Å²) in [5.74, 6) is -2.18. The van der Waals surface area contributed by atoms with E-state index in [-0.39, 0.29) is 21.9 Å². The van der Waals surface area contributed by atoms with E-state index in [0.29, 0.717) is 5.56 Å². The van der Waals surface area contributed by atoms with E-state index in [4.69, 9.17) is 10.5 Å². The number of rotatable bonds is 8. The summed E-state index contributed by atoms with van der Waals surface area (Å²) in [6.45, 7) is 0. The second-order valence-electron chi connectivity index (χ2n) is 6.11. The average Bonchev–Trinajstić information content (AvgIpc) is 2.70. The molecule has 1 atom stereocenters. The fourth-order valence-electron chi connectivity index (χ4n) is 2.36. The van der Waals surface area contributed by atoms with Gasteiger partial charge in [-0.2, -0.15) is 0 Å². The predicted octanol–water partition coefficient (Wildman–Crippen LogP) is 2.16. The van der Waals surface area contributed by atoms with Crippen molar-refractivity contribution < 1.29 is 24.0 Å². The molecule has 0 radical (unpaired) electrons. The van der Waals surface area contributed by atoms with Gasteiger partial charge in [-0.1, -0.05) is 30.3 Å². The number of thioether (sulfide) groups is 1. The number of hydrogen-bond donors (Lipinski definition) is 1. The van der Waals surface area contributed by atoms with Crippen LogP contribution in [0.1, 0.15) is 22.0 Å². The number of nitrogens with zero attached hydrogens (tertiary/aromatic N) is 2. The van der Waals surface area contributed by atoms with Crippen LogP contribution in [0.5, 0.6) is 0 Å². The number of nitro benzene ring substituents is 1. The van der Waals surface area contributed by atoms with E-state index in [1.807, 2.05) is 0 Å². The van der Waals surface area contributed by atoms with Crippen molar-refractivity contribution in [1.82, 2.24) is 4.90 Å². The lowest BCUT2D eigenvalue weighted by molar-refractivity contribution is -0.387. The van der Waals surface area contributed by atoms with Gasteiger partial charge in [-0.05, 0) is 12.1 Å². The summed E-state index contributed by atoms with van der Waals surface area (Å²) < 4.78 is 5.35. The van der Waals surface area contributed by atoms with Crippen LogP contribution in [0.25, 0.3) is 0 Å². The van der Waals surface area contributed by atoms with Crippen molar-refractivity contribution in [2.24, 2.45) is 5.73 Å². The number of esters is 1. The SMILES string of the molecule is CN(C)C(=O)[C@@H](OC(=O)CSc1ccc(C(N)=O)cc1[N+](=O)[O-])c1ccccc1. The molecule has 10 heteroatoms. The third-order valence-electron chi connectivity index (χ3n) is 3.80. The zero-order valence-corrected chi connectivity index (χ0v) is 16.5. The number of ether oxygens (including phenoxy) is 1. The Morgan fingerprint density at radius 1 is 1.17 bits per heavy atom. The van der Waals surface area contributed by atoms with Gasteiger partial charge in [0.1, 0.15) is 0 Å². The topological polar surface area (TPSA) is 133 Å². The molecule has 0 aromatic heterocycles. The number of amides is 2. The minimum absolute atomic E-state index is 0.00986. The summed E-state index contributed by atoms with van der Waals surface area (Å²) in [7, 11) is 3.09. The molecule has 0 saturated heterocycles. The van der Waals surface area contributed by atoms with E-state index in [9.17, 15) is 24.5 Å². The summed E-state index contributed by atoms with van der Waals surface area (Å²) in [5, 5.41) is 11.2. The minimum atomic E-state index is -1.12. The molecule has 2 aromatic carbocycles. The van der Waals surface area contributed by atoms with Gasteiger partial charge < -0.3 is 15.4 Å². The zero-order chi connectivity index (χ0) is 21.6. The van der Waals surface area contributed by atoms with Gasteiger partial charge in [0.15, 0.2) is 0 Å². The van der Waals surface area contributed by atoms with Crippen molar-refractivity contribution in [3.63, 3.8) is 0 Å². The average molecular weight is 417 g/mol. The number of primary amides is 1. The van der Waals surface area contributed by atoms with Gasteiger partial charge >= 0.3 is 5.97 Å². The second kappa shape index (κ2) is 9.69. The van der Waals surface area contributed by atoms with Crippen molar-refractivity contribution >= 4 is 35.2 Å². The maximum atomic E-state index is 12.4. The van der Waals surface area contributed by atoms with Gasteiger partial charge in [0, 0.05) is 31.3 Å². The van der Waals surface area contributed by atoms with Crippen LogP contribution in [0.3, 0.4) is 0 Å². The molecule has 9 nitrogen and oxygen atoms in total. The molecule has 0 unspecified atom stereocenters. The highest BCUT2D eigenvalue weighted by molar-refractivity contribution is 8.00. The Balaban J connectivity index is 2.14. The molecule has 2 aromatic rings. The first-order valence-electron chi connectivity index (χ1n) is 8.37. The fourth-order valence-corrected chi connectivity index (χ4v) is 3.15. The maximum absolute atomic E-state index is 12.4. The number of carbonyl (C=O) groups is 3. The van der Waals surface area contributed by atoms with Crippen LogP contribution < -0.4 is 5.73 Å². The van der Waals surface area contributed by atoms with Gasteiger partial charge in [0.25, 0.3) is 11.6 Å². The summed E-state index contributed by atoms with van der Waals surface area (Å²) in [6, 6.07) is 12.3. The molecule has 2 rings (SSSR count). The van der Waals surface area contributed by atoms with Crippen LogP contribution in [0.15, 0.2) is 53.4 Å². The lowest BCUT2D eigenvalue weighted by Gasteiger charge is -2.21. The molecular formula is C19H19N3O6S. The monoisotopic (exact) mass is 417 g/mol. The summed E-state index contributed by atoms with van der Waals surface area (Å²) >= 11 is 0.868. The molecule has 152 valence electrons. The standard InChI is InChI=1S/C19H19N3O6S/c1-21(2)19(25)17(12-6-4-3-5-7-12)28-16(23)11-29-15-9-8-13(18(20)24)10-14(15)22(26)27/h3-10,17H,11H2,1-2H3,(H2,20,24)/t17-/m0/s1. The molecule has 0 aliphatic heterocycles. The Hall–Kier alpha value is -3.40. The molecule has 0 heterocycles. The number of carbonyl (C=O) groups excluding carboxylic acids is 3.